The van der Waals surface area contributed by atoms with Crippen molar-refractivity contribution in [3.8, 4) is 12.3 Å². The van der Waals surface area contributed by atoms with E-state index in [1.54, 1.807) is 12.1 Å². The Labute approximate surface area is 126 Å². The molecule has 0 saturated carbocycles. The predicted molar refractivity (Wildman–Crippen MR) is 82.9 cm³/mol. The molecule has 4 heteroatoms. The topological polar surface area (TPSA) is 42.0 Å². The van der Waals surface area contributed by atoms with E-state index in [-0.39, 0.29) is 17.4 Å². The van der Waals surface area contributed by atoms with Crippen molar-refractivity contribution in [3.05, 3.63) is 28.5 Å². The molecule has 0 aliphatic carbocycles. The van der Waals surface area contributed by atoms with Crippen LogP contribution in [0.2, 0.25) is 5.15 Å². The van der Waals surface area contributed by atoms with E-state index in [1.165, 1.54) is 0 Å². The van der Waals surface area contributed by atoms with Crippen LogP contribution in [0.4, 0.5) is 0 Å². The van der Waals surface area contributed by atoms with Crippen LogP contribution in [0.5, 0.6) is 0 Å². The number of amides is 1. The van der Waals surface area contributed by atoms with Gasteiger partial charge in [-0.05, 0) is 18.6 Å². The number of halogens is 1. The van der Waals surface area contributed by atoms with Gasteiger partial charge in [0.05, 0.1) is 0 Å². The van der Waals surface area contributed by atoms with Crippen LogP contribution in [0.1, 0.15) is 56.6 Å². The van der Waals surface area contributed by atoms with Gasteiger partial charge in [-0.25, -0.2) is 4.98 Å². The van der Waals surface area contributed by atoms with E-state index in [2.05, 4.69) is 16.2 Å². The number of terminal acetylenes is 1. The molecule has 0 aliphatic heterocycles. The van der Waals surface area contributed by atoms with Gasteiger partial charge in [-0.2, -0.15) is 0 Å². The van der Waals surface area contributed by atoms with Crippen molar-refractivity contribution in [1.29, 1.82) is 0 Å². The highest BCUT2D eigenvalue weighted by molar-refractivity contribution is 6.29. The standard InChI is InChI=1S/C16H21ClN2O/c1-6-8-12(7-2)18-15(20)11-9-13(16(3,4)5)19-14(17)10-11/h1,9-10,12H,7-8H2,2-5H3,(H,18,20). The lowest BCUT2D eigenvalue weighted by Crippen LogP contribution is -2.34. The SMILES string of the molecule is C#CCC(CC)NC(=O)c1cc(Cl)nc(C(C)(C)C)c1. The number of carbonyl (C=O) groups is 1. The second-order valence-corrected chi connectivity index (χ2v) is 6.19. The summed E-state index contributed by atoms with van der Waals surface area (Å²) in [6.07, 6.45) is 6.61. The van der Waals surface area contributed by atoms with E-state index in [0.717, 1.165) is 12.1 Å². The van der Waals surface area contributed by atoms with E-state index in [9.17, 15) is 4.79 Å². The first-order valence-corrected chi connectivity index (χ1v) is 7.08. The van der Waals surface area contributed by atoms with E-state index in [0.29, 0.717) is 17.1 Å². The Morgan fingerprint density at radius 2 is 2.15 bits per heavy atom. The molecule has 1 rings (SSSR count). The quantitative estimate of drug-likeness (QED) is 0.681. The van der Waals surface area contributed by atoms with Gasteiger partial charge in [0.1, 0.15) is 5.15 Å². The van der Waals surface area contributed by atoms with Crippen molar-refractivity contribution in [3.63, 3.8) is 0 Å². The van der Waals surface area contributed by atoms with Crippen LogP contribution >= 0.6 is 11.6 Å². The average molecular weight is 293 g/mol. The average Bonchev–Trinajstić information content (AvgIpc) is 2.36. The molecule has 3 nitrogen and oxygen atoms in total. The van der Waals surface area contributed by atoms with Gasteiger partial charge in [0, 0.05) is 29.1 Å². The molecule has 1 unspecified atom stereocenters. The third-order valence-corrected chi connectivity index (χ3v) is 3.21. The summed E-state index contributed by atoms with van der Waals surface area (Å²) in [7, 11) is 0. The maximum absolute atomic E-state index is 12.3. The van der Waals surface area contributed by atoms with Gasteiger partial charge in [-0.3, -0.25) is 4.79 Å². The summed E-state index contributed by atoms with van der Waals surface area (Å²) in [6, 6.07) is 3.34. The lowest BCUT2D eigenvalue weighted by Gasteiger charge is -2.19. The lowest BCUT2D eigenvalue weighted by molar-refractivity contribution is 0.0936. The fourth-order valence-corrected chi connectivity index (χ4v) is 1.93. The van der Waals surface area contributed by atoms with Gasteiger partial charge in [0.15, 0.2) is 0 Å². The number of hydrogen-bond acceptors (Lipinski definition) is 2. The van der Waals surface area contributed by atoms with Gasteiger partial charge in [-0.1, -0.05) is 39.3 Å². The molecule has 1 amide bonds. The van der Waals surface area contributed by atoms with Crippen molar-refractivity contribution in [2.45, 2.75) is 52.0 Å². The Hall–Kier alpha value is -1.53. The number of nitrogens with one attached hydrogen (secondary N) is 1. The smallest absolute Gasteiger partial charge is 0.251 e. The van der Waals surface area contributed by atoms with Gasteiger partial charge in [-0.15, -0.1) is 12.3 Å². The monoisotopic (exact) mass is 292 g/mol. The summed E-state index contributed by atoms with van der Waals surface area (Å²) >= 11 is 6.01. The number of aromatic nitrogens is 1. The number of carbonyl (C=O) groups excluding carboxylic acids is 1. The number of hydrogen-bond donors (Lipinski definition) is 1. The van der Waals surface area contributed by atoms with Crippen LogP contribution in [0.15, 0.2) is 12.1 Å². The third-order valence-electron chi connectivity index (χ3n) is 3.02. The summed E-state index contributed by atoms with van der Waals surface area (Å²) in [6.45, 7) is 8.07. The maximum Gasteiger partial charge on any atom is 0.251 e. The normalized spacial score (nSPS) is 12.6. The van der Waals surface area contributed by atoms with Crippen molar-refractivity contribution in [2.75, 3.05) is 0 Å². The fraction of sp³-hybridized carbons (Fsp3) is 0.500. The summed E-state index contributed by atoms with van der Waals surface area (Å²) in [5.41, 5.74) is 1.15. The fourth-order valence-electron chi connectivity index (χ4n) is 1.72. The van der Waals surface area contributed by atoms with Crippen molar-refractivity contribution >= 4 is 17.5 Å². The Bertz CT molecular complexity index is 526. The molecule has 0 fully saturated rings. The van der Waals surface area contributed by atoms with Crippen molar-refractivity contribution in [2.24, 2.45) is 0 Å². The van der Waals surface area contributed by atoms with Gasteiger partial charge >= 0.3 is 0 Å². The molecule has 108 valence electrons. The number of nitrogens with zero attached hydrogens (tertiary/aromatic N) is 1. The molecular weight excluding hydrogens is 272 g/mol. The molecule has 0 aromatic carbocycles. The third kappa shape index (κ3) is 4.54. The summed E-state index contributed by atoms with van der Waals surface area (Å²) < 4.78 is 0. The Kier molecular flexibility index (Phi) is 5.59. The largest absolute Gasteiger partial charge is 0.348 e. The van der Waals surface area contributed by atoms with E-state index in [1.807, 2.05) is 27.7 Å². The zero-order valence-electron chi connectivity index (χ0n) is 12.5. The molecule has 0 bridgehead atoms. The van der Waals surface area contributed by atoms with Crippen LogP contribution in [-0.2, 0) is 5.41 Å². The molecule has 0 spiro atoms. The first-order valence-electron chi connectivity index (χ1n) is 6.70. The van der Waals surface area contributed by atoms with Gasteiger partial charge < -0.3 is 5.32 Å². The Morgan fingerprint density at radius 1 is 1.50 bits per heavy atom. The van der Waals surface area contributed by atoms with E-state index >= 15 is 0 Å². The molecule has 20 heavy (non-hydrogen) atoms. The summed E-state index contributed by atoms with van der Waals surface area (Å²) in [4.78, 5) is 16.5. The Balaban J connectivity index is 2.99. The molecule has 1 heterocycles. The molecule has 1 N–H and O–H groups in total. The first-order chi connectivity index (χ1) is 9.27. The molecule has 0 aliphatic rings. The van der Waals surface area contributed by atoms with Crippen LogP contribution in [0.3, 0.4) is 0 Å². The molecular formula is C16H21ClN2O. The van der Waals surface area contributed by atoms with Gasteiger partial charge in [0.2, 0.25) is 0 Å². The molecule has 1 aromatic rings. The van der Waals surface area contributed by atoms with Crippen molar-refractivity contribution in [1.82, 2.24) is 10.3 Å². The van der Waals surface area contributed by atoms with Crippen LogP contribution in [-0.4, -0.2) is 16.9 Å². The second kappa shape index (κ2) is 6.76. The summed E-state index contributed by atoms with van der Waals surface area (Å²) in [5, 5.41) is 3.25. The first kappa shape index (κ1) is 16.5. The van der Waals surface area contributed by atoms with E-state index < -0.39 is 0 Å². The van der Waals surface area contributed by atoms with Crippen molar-refractivity contribution < 1.29 is 4.79 Å². The summed E-state index contributed by atoms with van der Waals surface area (Å²) in [5.74, 6) is 2.40. The van der Waals surface area contributed by atoms with E-state index in [4.69, 9.17) is 18.0 Å². The molecule has 0 saturated heterocycles. The van der Waals surface area contributed by atoms with Gasteiger partial charge in [0.25, 0.3) is 5.91 Å². The maximum atomic E-state index is 12.3. The minimum atomic E-state index is -0.165. The minimum Gasteiger partial charge on any atom is -0.348 e. The molecule has 1 atom stereocenters. The zero-order chi connectivity index (χ0) is 15.3. The molecule has 0 radical (unpaired) electrons. The minimum absolute atomic E-state index is 0.0162. The van der Waals surface area contributed by atoms with Crippen LogP contribution in [0.25, 0.3) is 0 Å². The highest BCUT2D eigenvalue weighted by Crippen LogP contribution is 2.23. The highest BCUT2D eigenvalue weighted by atomic mass is 35.5. The Morgan fingerprint density at radius 3 is 2.65 bits per heavy atom. The lowest BCUT2D eigenvalue weighted by atomic mass is 9.91. The highest BCUT2D eigenvalue weighted by Gasteiger charge is 2.19. The second-order valence-electron chi connectivity index (χ2n) is 5.80. The molecule has 1 aromatic heterocycles. The predicted octanol–water partition coefficient (Wildman–Crippen LogP) is 3.56. The number of rotatable bonds is 4. The van der Waals surface area contributed by atoms with Crippen LogP contribution in [0, 0.1) is 12.3 Å². The zero-order valence-corrected chi connectivity index (χ0v) is 13.2. The van der Waals surface area contributed by atoms with Crippen LogP contribution < -0.4 is 5.32 Å². The number of pyridine rings is 1.